The fourth-order valence-corrected chi connectivity index (χ4v) is 0.814. The summed E-state index contributed by atoms with van der Waals surface area (Å²) in [5.41, 5.74) is 4.63. The highest BCUT2D eigenvalue weighted by molar-refractivity contribution is 5.38. The average Bonchev–Trinajstić information content (AvgIpc) is 1.96. The highest BCUT2D eigenvalue weighted by Crippen LogP contribution is 2.25. The van der Waals surface area contributed by atoms with Gasteiger partial charge in [0, 0.05) is 6.42 Å². The van der Waals surface area contributed by atoms with E-state index < -0.39 is 30.2 Å². The van der Waals surface area contributed by atoms with Gasteiger partial charge in [-0.25, -0.2) is 8.78 Å². The SMILES string of the molecule is Nc1nc(O)c(CC(F)F)c(O)n1. The van der Waals surface area contributed by atoms with Crippen LogP contribution in [0.25, 0.3) is 0 Å². The van der Waals surface area contributed by atoms with Gasteiger partial charge in [-0.1, -0.05) is 0 Å². The zero-order valence-electron chi connectivity index (χ0n) is 6.41. The molecule has 0 unspecified atom stereocenters. The van der Waals surface area contributed by atoms with E-state index >= 15 is 0 Å². The monoisotopic (exact) mass is 191 g/mol. The molecule has 0 radical (unpaired) electrons. The number of halogens is 2. The molecule has 0 bridgehead atoms. The molecule has 0 aliphatic carbocycles. The Balaban J connectivity index is 3.06. The van der Waals surface area contributed by atoms with Gasteiger partial charge >= 0.3 is 0 Å². The van der Waals surface area contributed by atoms with E-state index in [0.717, 1.165) is 0 Å². The van der Waals surface area contributed by atoms with Gasteiger partial charge < -0.3 is 15.9 Å². The molecule has 0 amide bonds. The summed E-state index contributed by atoms with van der Waals surface area (Å²) in [6.07, 6.45) is -3.50. The number of nitrogen functional groups attached to an aromatic ring is 1. The minimum atomic E-state index is -2.69. The van der Waals surface area contributed by atoms with Crippen LogP contribution in [-0.4, -0.2) is 26.6 Å². The van der Waals surface area contributed by atoms with Gasteiger partial charge in [0.15, 0.2) is 0 Å². The van der Waals surface area contributed by atoms with Gasteiger partial charge in [-0.2, -0.15) is 9.97 Å². The Kier molecular flexibility index (Phi) is 2.45. The maximum atomic E-state index is 11.9. The Morgan fingerprint density at radius 3 is 2.08 bits per heavy atom. The van der Waals surface area contributed by atoms with Crippen LogP contribution in [0.1, 0.15) is 5.56 Å². The number of aromatic nitrogens is 2. The summed E-state index contributed by atoms with van der Waals surface area (Å²) >= 11 is 0. The molecule has 0 aliphatic heterocycles. The zero-order valence-corrected chi connectivity index (χ0v) is 6.41. The van der Waals surface area contributed by atoms with Crippen LogP contribution in [0.4, 0.5) is 14.7 Å². The highest BCUT2D eigenvalue weighted by Gasteiger charge is 2.16. The first kappa shape index (κ1) is 9.43. The van der Waals surface area contributed by atoms with Gasteiger partial charge in [-0.15, -0.1) is 0 Å². The van der Waals surface area contributed by atoms with Crippen molar-refractivity contribution in [1.29, 1.82) is 0 Å². The molecule has 4 N–H and O–H groups in total. The molecule has 7 heteroatoms. The molecule has 0 aromatic carbocycles. The number of hydrogen-bond acceptors (Lipinski definition) is 5. The number of anilines is 1. The molecule has 0 atom stereocenters. The number of aromatic hydroxyl groups is 2. The van der Waals surface area contributed by atoms with Gasteiger partial charge in [0.05, 0.1) is 5.56 Å². The Morgan fingerprint density at radius 2 is 1.69 bits per heavy atom. The number of alkyl halides is 2. The van der Waals surface area contributed by atoms with E-state index in [1.165, 1.54) is 0 Å². The predicted octanol–water partition coefficient (Wildman–Crippen LogP) is 0.278. The van der Waals surface area contributed by atoms with Gasteiger partial charge in [0.25, 0.3) is 0 Å². The molecule has 13 heavy (non-hydrogen) atoms. The second-order valence-corrected chi connectivity index (χ2v) is 2.30. The Morgan fingerprint density at radius 1 is 1.23 bits per heavy atom. The van der Waals surface area contributed by atoms with E-state index in [2.05, 4.69) is 9.97 Å². The molecular weight excluding hydrogens is 184 g/mol. The fraction of sp³-hybridized carbons (Fsp3) is 0.333. The molecule has 0 aliphatic rings. The summed E-state index contributed by atoms with van der Waals surface area (Å²) < 4.78 is 23.7. The normalized spacial score (nSPS) is 10.7. The summed E-state index contributed by atoms with van der Waals surface area (Å²) in [6.45, 7) is 0. The maximum Gasteiger partial charge on any atom is 0.243 e. The molecular formula is C6H7F2N3O2. The molecule has 1 aromatic rings. The Labute approximate surface area is 71.9 Å². The topological polar surface area (TPSA) is 92.3 Å². The standard InChI is InChI=1S/C6H7F2N3O2/c7-3(8)1-2-4(12)10-6(9)11-5(2)13/h3H,1H2,(H4,9,10,11,12,13). The predicted molar refractivity (Wildman–Crippen MR) is 39.5 cm³/mol. The molecule has 1 rings (SSSR count). The molecule has 72 valence electrons. The second kappa shape index (κ2) is 3.38. The van der Waals surface area contributed by atoms with Crippen LogP contribution >= 0.6 is 0 Å². The smallest absolute Gasteiger partial charge is 0.243 e. The first-order valence-corrected chi connectivity index (χ1v) is 3.33. The van der Waals surface area contributed by atoms with Gasteiger partial charge in [0.1, 0.15) is 0 Å². The van der Waals surface area contributed by atoms with Crippen LogP contribution in [0.5, 0.6) is 11.8 Å². The van der Waals surface area contributed by atoms with E-state index in [1.54, 1.807) is 0 Å². The summed E-state index contributed by atoms with van der Waals surface area (Å²) in [6, 6.07) is 0. The van der Waals surface area contributed by atoms with Crippen molar-refractivity contribution in [3.63, 3.8) is 0 Å². The minimum Gasteiger partial charge on any atom is -0.493 e. The first-order chi connectivity index (χ1) is 6.00. The molecule has 0 spiro atoms. The Bertz CT molecular complexity index is 296. The largest absolute Gasteiger partial charge is 0.493 e. The Hall–Kier alpha value is -1.66. The summed E-state index contributed by atoms with van der Waals surface area (Å²) in [5, 5.41) is 18.0. The van der Waals surface area contributed by atoms with Crippen LogP contribution in [0.3, 0.4) is 0 Å². The maximum absolute atomic E-state index is 11.9. The quantitative estimate of drug-likeness (QED) is 0.624. The van der Waals surface area contributed by atoms with Crippen LogP contribution < -0.4 is 5.73 Å². The van der Waals surface area contributed by atoms with Crippen molar-refractivity contribution in [2.45, 2.75) is 12.8 Å². The van der Waals surface area contributed by atoms with Gasteiger partial charge in [-0.05, 0) is 0 Å². The highest BCUT2D eigenvalue weighted by atomic mass is 19.3. The van der Waals surface area contributed by atoms with Crippen molar-refractivity contribution in [2.75, 3.05) is 5.73 Å². The lowest BCUT2D eigenvalue weighted by molar-refractivity contribution is 0.146. The molecule has 5 nitrogen and oxygen atoms in total. The molecule has 0 fully saturated rings. The van der Waals surface area contributed by atoms with E-state index in [4.69, 9.17) is 15.9 Å². The molecule has 1 heterocycles. The van der Waals surface area contributed by atoms with Gasteiger partial charge in [0.2, 0.25) is 24.1 Å². The third-order valence-corrected chi connectivity index (χ3v) is 1.34. The van der Waals surface area contributed by atoms with E-state index in [1.807, 2.05) is 0 Å². The number of rotatable bonds is 2. The second-order valence-electron chi connectivity index (χ2n) is 2.30. The van der Waals surface area contributed by atoms with E-state index in [9.17, 15) is 8.78 Å². The number of hydrogen-bond donors (Lipinski definition) is 3. The summed E-state index contributed by atoms with van der Waals surface area (Å²) in [5.74, 6) is -1.80. The van der Waals surface area contributed by atoms with E-state index in [0.29, 0.717) is 0 Å². The zero-order chi connectivity index (χ0) is 10.0. The fourth-order valence-electron chi connectivity index (χ4n) is 0.814. The van der Waals surface area contributed by atoms with Crippen molar-refractivity contribution in [2.24, 2.45) is 0 Å². The van der Waals surface area contributed by atoms with Crippen LogP contribution in [-0.2, 0) is 6.42 Å². The summed E-state index contributed by atoms with van der Waals surface area (Å²) in [4.78, 5) is 6.43. The third-order valence-electron chi connectivity index (χ3n) is 1.34. The van der Waals surface area contributed by atoms with Crippen molar-refractivity contribution in [3.05, 3.63) is 5.56 Å². The third kappa shape index (κ3) is 2.14. The average molecular weight is 191 g/mol. The minimum absolute atomic E-state index is 0.368. The molecule has 1 aromatic heterocycles. The number of nitrogens with two attached hydrogens (primary N) is 1. The van der Waals surface area contributed by atoms with Crippen molar-refractivity contribution >= 4 is 5.95 Å². The van der Waals surface area contributed by atoms with Crippen LogP contribution in [0, 0.1) is 0 Å². The van der Waals surface area contributed by atoms with Crippen molar-refractivity contribution < 1.29 is 19.0 Å². The lowest BCUT2D eigenvalue weighted by atomic mass is 10.2. The van der Waals surface area contributed by atoms with Crippen LogP contribution in [0.2, 0.25) is 0 Å². The van der Waals surface area contributed by atoms with E-state index in [-0.39, 0.29) is 5.95 Å². The molecule has 0 saturated carbocycles. The lowest BCUT2D eigenvalue weighted by Crippen LogP contribution is -2.03. The molecule has 0 saturated heterocycles. The summed E-state index contributed by atoms with van der Waals surface area (Å²) in [7, 11) is 0. The van der Waals surface area contributed by atoms with Gasteiger partial charge in [-0.3, -0.25) is 0 Å². The van der Waals surface area contributed by atoms with Crippen molar-refractivity contribution in [3.8, 4) is 11.8 Å². The first-order valence-electron chi connectivity index (χ1n) is 3.33. The lowest BCUT2D eigenvalue weighted by Gasteiger charge is -2.04. The van der Waals surface area contributed by atoms with Crippen molar-refractivity contribution in [1.82, 2.24) is 9.97 Å². The van der Waals surface area contributed by atoms with Crippen LogP contribution in [0.15, 0.2) is 0 Å². The number of nitrogens with zero attached hydrogens (tertiary/aromatic N) is 2.